The lowest BCUT2D eigenvalue weighted by molar-refractivity contribution is -0.348. The van der Waals surface area contributed by atoms with Crippen LogP contribution in [0.2, 0.25) is 5.02 Å². The Balaban J connectivity index is 2.67. The van der Waals surface area contributed by atoms with Crippen molar-refractivity contribution in [2.24, 2.45) is 0 Å². The SMILES string of the molecule is COc1c(C)cccc1C(=O)Nc1c(Cl)cc(C(F)(C(F)(F)F)C(F)(F)F)cc1OC(F)F. The predicted molar refractivity (Wildman–Crippen MR) is 98.7 cm³/mol. The van der Waals surface area contributed by atoms with Gasteiger partial charge in [-0.05, 0) is 30.7 Å². The highest BCUT2D eigenvalue weighted by Crippen LogP contribution is 2.55. The molecule has 2 aromatic carbocycles. The van der Waals surface area contributed by atoms with E-state index in [2.05, 4.69) is 4.74 Å². The van der Waals surface area contributed by atoms with E-state index in [1.165, 1.54) is 19.2 Å². The third-order valence-corrected chi connectivity index (χ3v) is 4.65. The van der Waals surface area contributed by atoms with Gasteiger partial charge in [-0.3, -0.25) is 4.79 Å². The monoisotopic (exact) mass is 509 g/mol. The molecule has 0 fully saturated rings. The Bertz CT molecular complexity index is 1020. The molecule has 2 rings (SSSR count). The second-order valence-electron chi connectivity index (χ2n) is 6.47. The number of aryl methyl sites for hydroxylation is 1. The van der Waals surface area contributed by atoms with E-state index in [0.717, 1.165) is 0 Å². The summed E-state index contributed by atoms with van der Waals surface area (Å²) in [5.74, 6) is -2.47. The number of halogens is 10. The summed E-state index contributed by atoms with van der Waals surface area (Å²) in [4.78, 5) is 12.6. The molecule has 182 valence electrons. The number of rotatable bonds is 6. The summed E-state index contributed by atoms with van der Waals surface area (Å²) in [6.45, 7) is -2.22. The average Bonchev–Trinajstić information content (AvgIpc) is 2.67. The van der Waals surface area contributed by atoms with Crippen molar-refractivity contribution in [1.29, 1.82) is 0 Å². The molecule has 0 bridgehead atoms. The number of benzene rings is 2. The van der Waals surface area contributed by atoms with Crippen molar-refractivity contribution in [2.45, 2.75) is 31.6 Å². The van der Waals surface area contributed by atoms with Gasteiger partial charge in [0, 0.05) is 5.56 Å². The molecule has 0 spiro atoms. The number of para-hydroxylation sites is 1. The lowest BCUT2D eigenvalue weighted by Crippen LogP contribution is -2.50. The third kappa shape index (κ3) is 5.07. The Morgan fingerprint density at radius 2 is 1.61 bits per heavy atom. The highest BCUT2D eigenvalue weighted by atomic mass is 35.5. The molecule has 2 aromatic rings. The van der Waals surface area contributed by atoms with E-state index in [0.29, 0.717) is 5.56 Å². The van der Waals surface area contributed by atoms with E-state index >= 15 is 0 Å². The fourth-order valence-corrected chi connectivity index (χ4v) is 3.12. The number of methoxy groups -OCH3 is 1. The second kappa shape index (κ2) is 9.20. The van der Waals surface area contributed by atoms with Crippen LogP contribution in [-0.2, 0) is 5.67 Å². The molecule has 0 aromatic heterocycles. The van der Waals surface area contributed by atoms with Crippen LogP contribution in [-0.4, -0.2) is 32.0 Å². The molecular formula is C19H13ClF9NO3. The first-order chi connectivity index (χ1) is 15.0. The van der Waals surface area contributed by atoms with Crippen molar-refractivity contribution in [3.63, 3.8) is 0 Å². The van der Waals surface area contributed by atoms with Crippen molar-refractivity contribution >= 4 is 23.2 Å². The first-order valence-electron chi connectivity index (χ1n) is 8.60. The Kier molecular flexibility index (Phi) is 7.36. The van der Waals surface area contributed by atoms with Gasteiger partial charge in [0.2, 0.25) is 0 Å². The van der Waals surface area contributed by atoms with Crippen LogP contribution in [0.25, 0.3) is 0 Å². The summed E-state index contributed by atoms with van der Waals surface area (Å²) in [6.07, 6.45) is -13.1. The number of anilines is 1. The van der Waals surface area contributed by atoms with Crippen LogP contribution >= 0.6 is 11.6 Å². The fourth-order valence-electron chi connectivity index (χ4n) is 2.86. The van der Waals surface area contributed by atoms with E-state index in [1.807, 2.05) is 5.32 Å². The largest absolute Gasteiger partial charge is 0.496 e. The van der Waals surface area contributed by atoms with E-state index in [4.69, 9.17) is 16.3 Å². The zero-order valence-electron chi connectivity index (χ0n) is 16.5. The molecule has 0 saturated carbocycles. The summed E-state index contributed by atoms with van der Waals surface area (Å²) < 4.78 is 127. The Labute approximate surface area is 185 Å². The summed E-state index contributed by atoms with van der Waals surface area (Å²) in [7, 11) is 1.21. The summed E-state index contributed by atoms with van der Waals surface area (Å²) in [5.41, 5.74) is -8.76. The zero-order chi connectivity index (χ0) is 25.4. The van der Waals surface area contributed by atoms with Crippen LogP contribution in [0.5, 0.6) is 11.5 Å². The number of carbonyl (C=O) groups excluding carboxylic acids is 1. The van der Waals surface area contributed by atoms with Gasteiger partial charge in [-0.25, -0.2) is 4.39 Å². The van der Waals surface area contributed by atoms with Crippen LogP contribution in [0.1, 0.15) is 21.5 Å². The number of nitrogens with one attached hydrogen (secondary N) is 1. The van der Waals surface area contributed by atoms with Crippen LogP contribution in [0.15, 0.2) is 30.3 Å². The first kappa shape index (κ1) is 26.4. The minimum atomic E-state index is -6.53. The van der Waals surface area contributed by atoms with Crippen molar-refractivity contribution in [3.8, 4) is 11.5 Å². The van der Waals surface area contributed by atoms with E-state index in [1.54, 1.807) is 13.0 Å². The topological polar surface area (TPSA) is 47.6 Å². The minimum Gasteiger partial charge on any atom is -0.496 e. The van der Waals surface area contributed by atoms with Crippen molar-refractivity contribution in [3.05, 3.63) is 52.0 Å². The number of alkyl halides is 9. The molecule has 1 amide bonds. The molecular weight excluding hydrogens is 497 g/mol. The predicted octanol–water partition coefficient (Wildman–Crippen LogP) is 6.80. The molecule has 14 heteroatoms. The van der Waals surface area contributed by atoms with Gasteiger partial charge in [-0.15, -0.1) is 0 Å². The normalized spacial score (nSPS) is 12.6. The third-order valence-electron chi connectivity index (χ3n) is 4.35. The van der Waals surface area contributed by atoms with Crippen molar-refractivity contribution in [1.82, 2.24) is 0 Å². The molecule has 0 saturated heterocycles. The van der Waals surface area contributed by atoms with Crippen LogP contribution in [0, 0.1) is 6.92 Å². The lowest BCUT2D eigenvalue weighted by Gasteiger charge is -2.31. The van der Waals surface area contributed by atoms with E-state index < -0.39 is 52.6 Å². The highest BCUT2D eigenvalue weighted by Gasteiger charge is 2.73. The van der Waals surface area contributed by atoms with Gasteiger partial charge in [0.25, 0.3) is 5.91 Å². The van der Waals surface area contributed by atoms with Crippen LogP contribution in [0.4, 0.5) is 45.2 Å². The van der Waals surface area contributed by atoms with Crippen LogP contribution in [0.3, 0.4) is 0 Å². The maximum atomic E-state index is 14.4. The van der Waals surface area contributed by atoms with Gasteiger partial charge >= 0.3 is 24.6 Å². The molecule has 0 heterocycles. The van der Waals surface area contributed by atoms with Crippen molar-refractivity contribution in [2.75, 3.05) is 12.4 Å². The van der Waals surface area contributed by atoms with Gasteiger partial charge in [0.05, 0.1) is 17.7 Å². The van der Waals surface area contributed by atoms with Gasteiger partial charge < -0.3 is 14.8 Å². The second-order valence-corrected chi connectivity index (χ2v) is 6.88. The summed E-state index contributed by atoms with van der Waals surface area (Å²) >= 11 is 5.69. The standard InChI is InChI=1S/C19H13ClF9NO3/c1-8-4-3-5-10(14(8)32-2)15(31)30-13-11(20)6-9(7-12(13)33-16(21)22)17(23,18(24,25)26)19(27,28)29/h3-7,16H,1-2H3,(H,30,31). The van der Waals surface area contributed by atoms with E-state index in [9.17, 15) is 44.3 Å². The lowest BCUT2D eigenvalue weighted by atomic mass is 9.93. The quantitative estimate of drug-likeness (QED) is 0.436. The number of ether oxygens (including phenoxy) is 2. The highest BCUT2D eigenvalue weighted by molar-refractivity contribution is 6.34. The number of carbonyl (C=O) groups is 1. The number of hydrogen-bond donors (Lipinski definition) is 1. The summed E-state index contributed by atoms with van der Waals surface area (Å²) in [5, 5.41) is 0.838. The van der Waals surface area contributed by atoms with Crippen molar-refractivity contribution < 1.29 is 53.8 Å². The molecule has 0 unspecified atom stereocenters. The molecule has 0 radical (unpaired) electrons. The first-order valence-corrected chi connectivity index (χ1v) is 8.98. The molecule has 1 N–H and O–H groups in total. The fraction of sp³-hybridized carbons (Fsp3) is 0.316. The Morgan fingerprint density at radius 3 is 2.09 bits per heavy atom. The maximum absolute atomic E-state index is 14.4. The summed E-state index contributed by atoms with van der Waals surface area (Å²) in [6, 6.07) is 3.85. The molecule has 0 atom stereocenters. The average molecular weight is 510 g/mol. The van der Waals surface area contributed by atoms with Gasteiger partial charge in [0.15, 0.2) is 5.75 Å². The Hall–Kier alpha value is -2.83. The molecule has 0 aliphatic carbocycles. The van der Waals surface area contributed by atoms with Gasteiger partial charge in [0.1, 0.15) is 11.4 Å². The number of hydrogen-bond acceptors (Lipinski definition) is 3. The molecule has 0 aliphatic heterocycles. The number of amides is 1. The van der Waals surface area contributed by atoms with Gasteiger partial charge in [-0.2, -0.15) is 35.1 Å². The minimum absolute atomic E-state index is 0.0380. The smallest absolute Gasteiger partial charge is 0.435 e. The maximum Gasteiger partial charge on any atom is 0.435 e. The Morgan fingerprint density at radius 1 is 1.03 bits per heavy atom. The van der Waals surface area contributed by atoms with Crippen LogP contribution < -0.4 is 14.8 Å². The zero-order valence-corrected chi connectivity index (χ0v) is 17.2. The molecule has 4 nitrogen and oxygen atoms in total. The van der Waals surface area contributed by atoms with Gasteiger partial charge in [-0.1, -0.05) is 23.7 Å². The molecule has 33 heavy (non-hydrogen) atoms. The van der Waals surface area contributed by atoms with E-state index in [-0.39, 0.29) is 23.4 Å². The molecule has 0 aliphatic rings.